The van der Waals surface area contributed by atoms with Crippen LogP contribution in [0.15, 0.2) is 30.3 Å². The van der Waals surface area contributed by atoms with Crippen molar-refractivity contribution < 1.29 is 4.79 Å². The van der Waals surface area contributed by atoms with Crippen molar-refractivity contribution in [2.24, 2.45) is 11.8 Å². The smallest absolute Gasteiger partial charge is 0.223 e. The van der Waals surface area contributed by atoms with Gasteiger partial charge in [0.25, 0.3) is 0 Å². The minimum absolute atomic E-state index is 0.304. The second-order valence-corrected chi connectivity index (χ2v) is 6.18. The van der Waals surface area contributed by atoms with Gasteiger partial charge in [-0.15, -0.1) is 0 Å². The van der Waals surface area contributed by atoms with Crippen molar-refractivity contribution in [3.63, 3.8) is 0 Å². The number of hydrogen-bond donors (Lipinski definition) is 0. The van der Waals surface area contributed by atoms with Crippen LogP contribution in [0, 0.1) is 11.8 Å². The molecule has 1 atom stereocenters. The molecule has 0 bridgehead atoms. The van der Waals surface area contributed by atoms with Crippen LogP contribution >= 0.6 is 0 Å². The van der Waals surface area contributed by atoms with Crippen LogP contribution < -0.4 is 0 Å². The zero-order valence-corrected chi connectivity index (χ0v) is 12.3. The largest absolute Gasteiger partial charge is 0.335 e. The van der Waals surface area contributed by atoms with Crippen molar-refractivity contribution in [3.05, 3.63) is 35.9 Å². The molecule has 1 aliphatic rings. The summed E-state index contributed by atoms with van der Waals surface area (Å²) in [6.07, 6.45) is 3.22. The first-order valence-corrected chi connectivity index (χ1v) is 7.41. The third-order valence-electron chi connectivity index (χ3n) is 3.89. The van der Waals surface area contributed by atoms with Crippen LogP contribution in [0.4, 0.5) is 0 Å². The Balaban J connectivity index is 2.07. The number of hydrogen-bond acceptors (Lipinski definition) is 1. The van der Waals surface area contributed by atoms with E-state index in [0.29, 0.717) is 24.3 Å². The molecule has 1 aromatic carbocycles. The fourth-order valence-electron chi connectivity index (χ4n) is 2.54. The maximum atomic E-state index is 12.5. The van der Waals surface area contributed by atoms with Crippen LogP contribution in [0.1, 0.15) is 45.6 Å². The lowest BCUT2D eigenvalue weighted by molar-refractivity contribution is -0.135. The molecule has 0 aromatic heterocycles. The molecule has 104 valence electrons. The Morgan fingerprint density at radius 2 is 1.84 bits per heavy atom. The SMILES string of the molecule is CC(C)CC(=O)N(Cc1ccccc1)C(C)C1CC1. The number of carbonyl (C=O) groups is 1. The summed E-state index contributed by atoms with van der Waals surface area (Å²) in [7, 11) is 0. The number of carbonyl (C=O) groups excluding carboxylic acids is 1. The van der Waals surface area contributed by atoms with Gasteiger partial charge in [0, 0.05) is 19.0 Å². The van der Waals surface area contributed by atoms with Crippen molar-refractivity contribution >= 4 is 5.91 Å². The third kappa shape index (κ3) is 4.09. The van der Waals surface area contributed by atoms with Crippen LogP contribution in [-0.4, -0.2) is 16.8 Å². The molecule has 1 aromatic rings. The van der Waals surface area contributed by atoms with Crippen LogP contribution in [-0.2, 0) is 11.3 Å². The summed E-state index contributed by atoms with van der Waals surface area (Å²) < 4.78 is 0. The summed E-state index contributed by atoms with van der Waals surface area (Å²) in [6.45, 7) is 7.18. The zero-order valence-electron chi connectivity index (χ0n) is 12.3. The highest BCUT2D eigenvalue weighted by atomic mass is 16.2. The Hall–Kier alpha value is -1.31. The average molecular weight is 259 g/mol. The van der Waals surface area contributed by atoms with E-state index in [-0.39, 0.29) is 0 Å². The molecule has 0 aliphatic heterocycles. The van der Waals surface area contributed by atoms with Crippen molar-refractivity contribution in [3.8, 4) is 0 Å². The molecule has 2 rings (SSSR count). The Labute approximate surface area is 116 Å². The molecule has 0 spiro atoms. The lowest BCUT2D eigenvalue weighted by Gasteiger charge is -2.30. The molecule has 2 nitrogen and oxygen atoms in total. The Morgan fingerprint density at radius 3 is 2.37 bits per heavy atom. The Kier molecular flexibility index (Phi) is 4.62. The summed E-state index contributed by atoms with van der Waals surface area (Å²) in [6, 6.07) is 10.7. The lowest BCUT2D eigenvalue weighted by Crippen LogP contribution is -2.39. The molecule has 1 saturated carbocycles. The van der Waals surface area contributed by atoms with E-state index in [1.807, 2.05) is 18.2 Å². The van der Waals surface area contributed by atoms with Gasteiger partial charge in [0.2, 0.25) is 5.91 Å². The minimum Gasteiger partial charge on any atom is -0.335 e. The van der Waals surface area contributed by atoms with Gasteiger partial charge in [-0.3, -0.25) is 4.79 Å². The van der Waals surface area contributed by atoms with Gasteiger partial charge in [-0.25, -0.2) is 0 Å². The van der Waals surface area contributed by atoms with Gasteiger partial charge in [-0.05, 0) is 37.2 Å². The van der Waals surface area contributed by atoms with E-state index < -0.39 is 0 Å². The van der Waals surface area contributed by atoms with E-state index in [9.17, 15) is 4.79 Å². The van der Waals surface area contributed by atoms with Crippen LogP contribution in [0.25, 0.3) is 0 Å². The Bertz CT molecular complexity index is 409. The fraction of sp³-hybridized carbons (Fsp3) is 0.588. The van der Waals surface area contributed by atoms with Crippen LogP contribution in [0.5, 0.6) is 0 Å². The lowest BCUT2D eigenvalue weighted by atomic mass is 10.1. The summed E-state index contributed by atoms with van der Waals surface area (Å²) >= 11 is 0. The van der Waals surface area contributed by atoms with Gasteiger partial charge < -0.3 is 4.90 Å². The molecule has 2 heteroatoms. The van der Waals surface area contributed by atoms with E-state index in [0.717, 1.165) is 12.5 Å². The van der Waals surface area contributed by atoms with Gasteiger partial charge in [0.1, 0.15) is 0 Å². The summed E-state index contributed by atoms with van der Waals surface area (Å²) in [5.41, 5.74) is 1.23. The third-order valence-corrected chi connectivity index (χ3v) is 3.89. The maximum Gasteiger partial charge on any atom is 0.223 e. The van der Waals surface area contributed by atoms with Crippen LogP contribution in [0.3, 0.4) is 0 Å². The van der Waals surface area contributed by atoms with Crippen molar-refractivity contribution in [1.82, 2.24) is 4.90 Å². The molecule has 19 heavy (non-hydrogen) atoms. The maximum absolute atomic E-state index is 12.5. The number of amides is 1. The normalized spacial score (nSPS) is 16.4. The minimum atomic E-state index is 0.304. The van der Waals surface area contributed by atoms with Gasteiger partial charge in [0.15, 0.2) is 0 Å². The van der Waals surface area contributed by atoms with E-state index in [2.05, 4.69) is 37.8 Å². The molecule has 1 unspecified atom stereocenters. The first-order chi connectivity index (χ1) is 9.08. The topological polar surface area (TPSA) is 20.3 Å². The van der Waals surface area contributed by atoms with Gasteiger partial charge in [0.05, 0.1) is 0 Å². The second-order valence-electron chi connectivity index (χ2n) is 6.18. The van der Waals surface area contributed by atoms with Crippen LogP contribution in [0.2, 0.25) is 0 Å². The van der Waals surface area contributed by atoms with Crippen molar-refractivity contribution in [2.75, 3.05) is 0 Å². The quantitative estimate of drug-likeness (QED) is 0.759. The zero-order chi connectivity index (χ0) is 13.8. The number of nitrogens with zero attached hydrogens (tertiary/aromatic N) is 1. The van der Waals surface area contributed by atoms with Gasteiger partial charge >= 0.3 is 0 Å². The van der Waals surface area contributed by atoms with Gasteiger partial charge in [-0.1, -0.05) is 44.2 Å². The summed E-state index contributed by atoms with van der Waals surface area (Å²) in [5, 5.41) is 0. The summed E-state index contributed by atoms with van der Waals surface area (Å²) in [4.78, 5) is 14.5. The predicted molar refractivity (Wildman–Crippen MR) is 78.6 cm³/mol. The molecule has 1 aliphatic carbocycles. The first kappa shape index (κ1) is 14.1. The first-order valence-electron chi connectivity index (χ1n) is 7.41. The van der Waals surface area contributed by atoms with E-state index >= 15 is 0 Å². The highest BCUT2D eigenvalue weighted by Gasteiger charge is 2.34. The highest BCUT2D eigenvalue weighted by Crippen LogP contribution is 2.36. The second kappa shape index (κ2) is 6.23. The molecule has 1 fully saturated rings. The van der Waals surface area contributed by atoms with Crippen molar-refractivity contribution in [1.29, 1.82) is 0 Å². The van der Waals surface area contributed by atoms with E-state index in [1.54, 1.807) is 0 Å². The predicted octanol–water partition coefficient (Wildman–Crippen LogP) is 3.86. The molecule has 1 amide bonds. The molecule has 0 radical (unpaired) electrons. The molecule has 0 saturated heterocycles. The molecule has 0 N–H and O–H groups in total. The molecular formula is C17H25NO. The monoisotopic (exact) mass is 259 g/mol. The van der Waals surface area contributed by atoms with E-state index in [4.69, 9.17) is 0 Å². The molecule has 0 heterocycles. The van der Waals surface area contributed by atoms with E-state index in [1.165, 1.54) is 18.4 Å². The fourth-order valence-corrected chi connectivity index (χ4v) is 2.54. The Morgan fingerprint density at radius 1 is 1.21 bits per heavy atom. The number of rotatable bonds is 6. The average Bonchev–Trinajstić information content (AvgIpc) is 3.19. The molecular weight excluding hydrogens is 234 g/mol. The van der Waals surface area contributed by atoms with Gasteiger partial charge in [-0.2, -0.15) is 0 Å². The number of benzene rings is 1. The van der Waals surface area contributed by atoms with Crippen molar-refractivity contribution in [2.45, 2.75) is 52.6 Å². The summed E-state index contributed by atoms with van der Waals surface area (Å²) in [5.74, 6) is 1.45. The highest BCUT2D eigenvalue weighted by molar-refractivity contribution is 5.76. The standard InChI is InChI=1S/C17H25NO/c1-13(2)11-17(19)18(14(3)16-9-10-16)12-15-7-5-4-6-8-15/h4-8,13-14,16H,9-12H2,1-3H3.